The van der Waals surface area contributed by atoms with Crippen LogP contribution in [0.15, 0.2) is 46.9 Å². The van der Waals surface area contributed by atoms with E-state index in [0.717, 1.165) is 76.7 Å². The molecule has 1 spiro atoms. The van der Waals surface area contributed by atoms with Gasteiger partial charge in [0.15, 0.2) is 0 Å². The summed E-state index contributed by atoms with van der Waals surface area (Å²) in [7, 11) is 0. The molecule has 33 heavy (non-hydrogen) atoms. The van der Waals surface area contributed by atoms with Gasteiger partial charge < -0.3 is 14.2 Å². The van der Waals surface area contributed by atoms with Crippen LogP contribution < -0.4 is 0 Å². The molecule has 1 aromatic carbocycles. The monoisotopic (exact) mass is 449 g/mol. The van der Waals surface area contributed by atoms with Crippen LogP contribution in [0.5, 0.6) is 0 Å². The zero-order valence-electron chi connectivity index (χ0n) is 20.3. The SMILES string of the molecule is Cc1ccc(C(C)CCN2CCC3(CC2)CC3C(=O)N2CCN(Cc3ccccc3)CC2)o1. The second kappa shape index (κ2) is 9.63. The van der Waals surface area contributed by atoms with Crippen LogP contribution in [0, 0.1) is 18.3 Å². The van der Waals surface area contributed by atoms with Crippen LogP contribution in [0.2, 0.25) is 0 Å². The summed E-state index contributed by atoms with van der Waals surface area (Å²) in [5.74, 6) is 3.29. The summed E-state index contributed by atoms with van der Waals surface area (Å²) in [4.78, 5) is 20.5. The molecule has 1 aliphatic carbocycles. The van der Waals surface area contributed by atoms with Gasteiger partial charge in [-0.3, -0.25) is 9.69 Å². The fraction of sp³-hybridized carbons (Fsp3) is 0.607. The van der Waals surface area contributed by atoms with Crippen LogP contribution in [0.25, 0.3) is 0 Å². The van der Waals surface area contributed by atoms with Crippen molar-refractivity contribution >= 4 is 5.91 Å². The molecule has 0 N–H and O–H groups in total. The van der Waals surface area contributed by atoms with Gasteiger partial charge in [0.2, 0.25) is 5.91 Å². The van der Waals surface area contributed by atoms with Gasteiger partial charge in [-0.15, -0.1) is 0 Å². The van der Waals surface area contributed by atoms with Gasteiger partial charge in [-0.2, -0.15) is 0 Å². The van der Waals surface area contributed by atoms with Crippen LogP contribution in [0.1, 0.15) is 55.6 Å². The number of likely N-dealkylation sites (tertiary alicyclic amines) is 1. The molecular formula is C28H39N3O2. The van der Waals surface area contributed by atoms with E-state index >= 15 is 0 Å². The lowest BCUT2D eigenvalue weighted by atomic mass is 9.90. The summed E-state index contributed by atoms with van der Waals surface area (Å²) in [5, 5.41) is 0. The van der Waals surface area contributed by atoms with Crippen molar-refractivity contribution in [2.45, 2.75) is 52.0 Å². The van der Waals surface area contributed by atoms with Crippen molar-refractivity contribution in [3.05, 3.63) is 59.5 Å². The summed E-state index contributed by atoms with van der Waals surface area (Å²) in [6, 6.07) is 14.8. The van der Waals surface area contributed by atoms with Crippen molar-refractivity contribution in [3.8, 4) is 0 Å². The number of carbonyl (C=O) groups is 1. The number of rotatable bonds is 7. The molecule has 2 aliphatic heterocycles. The maximum Gasteiger partial charge on any atom is 0.226 e. The number of hydrogen-bond acceptors (Lipinski definition) is 4. The van der Waals surface area contributed by atoms with Crippen LogP contribution in [-0.2, 0) is 11.3 Å². The zero-order valence-corrected chi connectivity index (χ0v) is 20.3. The fourth-order valence-corrected chi connectivity index (χ4v) is 5.90. The highest BCUT2D eigenvalue weighted by Crippen LogP contribution is 2.60. The Morgan fingerprint density at radius 3 is 2.39 bits per heavy atom. The molecule has 2 aromatic rings. The van der Waals surface area contributed by atoms with Gasteiger partial charge in [0.05, 0.1) is 0 Å². The molecule has 1 aromatic heterocycles. The maximum absolute atomic E-state index is 13.2. The molecule has 5 rings (SSSR count). The van der Waals surface area contributed by atoms with Gasteiger partial charge >= 0.3 is 0 Å². The van der Waals surface area contributed by atoms with Crippen molar-refractivity contribution < 1.29 is 9.21 Å². The molecule has 2 atom stereocenters. The highest BCUT2D eigenvalue weighted by molar-refractivity contribution is 5.83. The molecule has 178 valence electrons. The second-order valence-electron chi connectivity index (χ2n) is 10.7. The topological polar surface area (TPSA) is 39.9 Å². The molecule has 1 saturated carbocycles. The summed E-state index contributed by atoms with van der Waals surface area (Å²) in [5.41, 5.74) is 1.66. The summed E-state index contributed by atoms with van der Waals surface area (Å²) in [6.45, 7) is 12.4. The molecule has 5 nitrogen and oxygen atoms in total. The number of benzene rings is 1. The molecule has 2 unspecified atom stereocenters. The van der Waals surface area contributed by atoms with E-state index in [1.165, 1.54) is 18.4 Å². The molecule has 3 aliphatic rings. The van der Waals surface area contributed by atoms with Gasteiger partial charge in [0, 0.05) is 44.6 Å². The first-order valence-electron chi connectivity index (χ1n) is 12.9. The third kappa shape index (κ3) is 5.20. The minimum absolute atomic E-state index is 0.283. The minimum Gasteiger partial charge on any atom is -0.466 e. The molecule has 0 bridgehead atoms. The highest BCUT2D eigenvalue weighted by atomic mass is 16.3. The molecule has 3 fully saturated rings. The Balaban J connectivity index is 1.03. The predicted octanol–water partition coefficient (Wildman–Crippen LogP) is 4.53. The van der Waals surface area contributed by atoms with E-state index in [9.17, 15) is 4.79 Å². The van der Waals surface area contributed by atoms with E-state index in [0.29, 0.717) is 17.2 Å². The predicted molar refractivity (Wildman–Crippen MR) is 131 cm³/mol. The second-order valence-corrected chi connectivity index (χ2v) is 10.7. The zero-order chi connectivity index (χ0) is 22.8. The van der Waals surface area contributed by atoms with Crippen LogP contribution >= 0.6 is 0 Å². The maximum atomic E-state index is 13.2. The number of piperidine rings is 1. The number of aryl methyl sites for hydroxylation is 1. The summed E-state index contributed by atoms with van der Waals surface area (Å²) >= 11 is 0. The van der Waals surface area contributed by atoms with Crippen molar-refractivity contribution in [2.24, 2.45) is 11.3 Å². The van der Waals surface area contributed by atoms with E-state index in [1.54, 1.807) is 0 Å². The van der Waals surface area contributed by atoms with Gasteiger partial charge in [-0.05, 0) is 75.4 Å². The largest absolute Gasteiger partial charge is 0.466 e. The van der Waals surface area contributed by atoms with E-state index in [2.05, 4.69) is 64.1 Å². The lowest BCUT2D eigenvalue weighted by Gasteiger charge is -2.36. The average Bonchev–Trinajstić information content (AvgIpc) is 3.36. The van der Waals surface area contributed by atoms with Gasteiger partial charge in [-0.25, -0.2) is 0 Å². The Morgan fingerprint density at radius 1 is 1.00 bits per heavy atom. The van der Waals surface area contributed by atoms with Crippen molar-refractivity contribution in [3.63, 3.8) is 0 Å². The van der Waals surface area contributed by atoms with Crippen LogP contribution in [0.3, 0.4) is 0 Å². The van der Waals surface area contributed by atoms with E-state index in [1.807, 2.05) is 6.92 Å². The molecule has 2 saturated heterocycles. The Kier molecular flexibility index (Phi) is 6.62. The van der Waals surface area contributed by atoms with Gasteiger partial charge in [0.25, 0.3) is 0 Å². The third-order valence-corrected chi connectivity index (χ3v) is 8.40. The van der Waals surface area contributed by atoms with Crippen molar-refractivity contribution in [1.82, 2.24) is 14.7 Å². The Bertz CT molecular complexity index is 924. The molecule has 1 amide bonds. The lowest BCUT2D eigenvalue weighted by molar-refractivity contribution is -0.135. The number of nitrogens with zero attached hydrogens (tertiary/aromatic N) is 3. The third-order valence-electron chi connectivity index (χ3n) is 8.40. The molecule has 5 heteroatoms. The van der Waals surface area contributed by atoms with E-state index < -0.39 is 0 Å². The number of piperazine rings is 1. The lowest BCUT2D eigenvalue weighted by Crippen LogP contribution is -2.49. The van der Waals surface area contributed by atoms with E-state index in [4.69, 9.17) is 4.42 Å². The van der Waals surface area contributed by atoms with Crippen LogP contribution in [-0.4, -0.2) is 66.4 Å². The number of amides is 1. The first kappa shape index (κ1) is 22.7. The first-order chi connectivity index (χ1) is 16.0. The first-order valence-corrected chi connectivity index (χ1v) is 12.9. The minimum atomic E-state index is 0.283. The standard InChI is InChI=1S/C28H39N3O2/c1-22(26-9-8-23(2)33-26)10-13-29-14-11-28(12-15-29)20-25(28)27(32)31-18-16-30(17-19-31)21-24-6-4-3-5-7-24/h3-9,22,25H,10-21H2,1-2H3. The summed E-state index contributed by atoms with van der Waals surface area (Å²) in [6.07, 6.45) is 4.62. The number of furan rings is 1. The van der Waals surface area contributed by atoms with E-state index in [-0.39, 0.29) is 5.92 Å². The van der Waals surface area contributed by atoms with Crippen molar-refractivity contribution in [2.75, 3.05) is 45.8 Å². The van der Waals surface area contributed by atoms with Gasteiger partial charge in [0.1, 0.15) is 11.5 Å². The molecule has 3 heterocycles. The quantitative estimate of drug-likeness (QED) is 0.623. The highest BCUT2D eigenvalue weighted by Gasteiger charge is 2.59. The number of hydrogen-bond donors (Lipinski definition) is 0. The fourth-order valence-electron chi connectivity index (χ4n) is 5.90. The molecular weight excluding hydrogens is 410 g/mol. The van der Waals surface area contributed by atoms with Crippen LogP contribution in [0.4, 0.5) is 0 Å². The Morgan fingerprint density at radius 2 is 1.73 bits per heavy atom. The number of carbonyl (C=O) groups excluding carboxylic acids is 1. The van der Waals surface area contributed by atoms with Crippen molar-refractivity contribution in [1.29, 1.82) is 0 Å². The Labute approximate surface area is 198 Å². The van der Waals surface area contributed by atoms with Gasteiger partial charge in [-0.1, -0.05) is 37.3 Å². The normalized spacial score (nSPS) is 24.2. The average molecular weight is 450 g/mol. The summed E-state index contributed by atoms with van der Waals surface area (Å²) < 4.78 is 5.80. The molecule has 0 radical (unpaired) electrons. The Hall–Kier alpha value is -2.11. The smallest absolute Gasteiger partial charge is 0.226 e.